The van der Waals surface area contributed by atoms with Gasteiger partial charge in [-0.15, -0.1) is 0 Å². The Morgan fingerprint density at radius 2 is 1.88 bits per heavy atom. The molecule has 0 aliphatic carbocycles. The van der Waals surface area contributed by atoms with Crippen LogP contribution in [-0.2, 0) is 12.6 Å². The Kier molecular flexibility index (Phi) is 5.39. The maximum atomic E-state index is 12.9. The Morgan fingerprint density at radius 1 is 1.21 bits per heavy atom. The quantitative estimate of drug-likeness (QED) is 0.621. The second kappa shape index (κ2) is 7.13. The van der Waals surface area contributed by atoms with Gasteiger partial charge in [-0.2, -0.15) is 13.2 Å². The third-order valence-corrected chi connectivity index (χ3v) is 3.97. The summed E-state index contributed by atoms with van der Waals surface area (Å²) in [5, 5.41) is -0.469. The Morgan fingerprint density at radius 3 is 2.50 bits per heavy atom. The summed E-state index contributed by atoms with van der Waals surface area (Å²) in [6.45, 7) is 2.03. The first-order valence-electron chi connectivity index (χ1n) is 7.26. The van der Waals surface area contributed by atoms with E-state index in [4.69, 9.17) is 17.3 Å². The smallest absolute Gasteiger partial charge is 0.369 e. The van der Waals surface area contributed by atoms with Crippen LogP contribution in [0.15, 0.2) is 47.5 Å². The molecule has 0 aliphatic rings. The number of hydrogen-bond acceptors (Lipinski definition) is 1. The lowest BCUT2D eigenvalue weighted by Gasteiger charge is -2.19. The number of nitrogens with zero attached hydrogens (tertiary/aromatic N) is 2. The highest BCUT2D eigenvalue weighted by Crippen LogP contribution is 2.39. The number of benzene rings is 2. The van der Waals surface area contributed by atoms with Crippen LogP contribution in [0.1, 0.15) is 18.1 Å². The first-order valence-corrected chi connectivity index (χ1v) is 7.64. The largest absolute Gasteiger partial charge is 0.417 e. The van der Waals surface area contributed by atoms with Gasteiger partial charge in [0, 0.05) is 12.7 Å². The molecule has 7 heteroatoms. The van der Waals surface area contributed by atoms with Crippen LogP contribution < -0.4 is 10.6 Å². The van der Waals surface area contributed by atoms with E-state index in [0.29, 0.717) is 0 Å². The first kappa shape index (κ1) is 18.1. The lowest BCUT2D eigenvalue weighted by atomic mass is 10.1. The molecule has 0 radical (unpaired) electrons. The van der Waals surface area contributed by atoms with Gasteiger partial charge in [0.05, 0.1) is 16.3 Å². The molecule has 2 rings (SSSR count). The lowest BCUT2D eigenvalue weighted by molar-refractivity contribution is -0.137. The van der Waals surface area contributed by atoms with Gasteiger partial charge >= 0.3 is 6.18 Å². The molecule has 0 saturated heterocycles. The van der Waals surface area contributed by atoms with E-state index in [1.54, 1.807) is 11.9 Å². The van der Waals surface area contributed by atoms with Gasteiger partial charge in [-0.1, -0.05) is 36.7 Å². The Labute approximate surface area is 143 Å². The van der Waals surface area contributed by atoms with Crippen molar-refractivity contribution in [3.05, 3.63) is 58.6 Å². The van der Waals surface area contributed by atoms with Crippen LogP contribution in [-0.4, -0.2) is 13.0 Å². The molecule has 0 fully saturated rings. The van der Waals surface area contributed by atoms with Gasteiger partial charge in [0.2, 0.25) is 5.96 Å². The van der Waals surface area contributed by atoms with Crippen molar-refractivity contribution in [2.24, 2.45) is 10.7 Å². The molecule has 2 aromatic rings. The zero-order chi connectivity index (χ0) is 17.9. The highest BCUT2D eigenvalue weighted by molar-refractivity contribution is 6.34. The molecule has 24 heavy (non-hydrogen) atoms. The molecule has 0 aromatic heterocycles. The molecule has 3 nitrogen and oxygen atoms in total. The zero-order valence-electron chi connectivity index (χ0n) is 13.2. The van der Waals surface area contributed by atoms with Crippen LogP contribution in [0.3, 0.4) is 0 Å². The Hall–Kier alpha value is -2.21. The molecule has 2 aromatic carbocycles. The number of anilines is 1. The zero-order valence-corrected chi connectivity index (χ0v) is 14.0. The average molecular weight is 356 g/mol. The summed E-state index contributed by atoms with van der Waals surface area (Å²) in [5.41, 5.74) is 6.88. The van der Waals surface area contributed by atoms with Crippen molar-refractivity contribution in [1.29, 1.82) is 0 Å². The summed E-state index contributed by atoms with van der Waals surface area (Å²) in [5.74, 6) is 0.0458. The van der Waals surface area contributed by atoms with E-state index in [-0.39, 0.29) is 11.6 Å². The number of aryl methyl sites for hydroxylation is 1. The van der Waals surface area contributed by atoms with E-state index in [1.807, 2.05) is 31.2 Å². The summed E-state index contributed by atoms with van der Waals surface area (Å²) in [6.07, 6.45) is -3.68. The summed E-state index contributed by atoms with van der Waals surface area (Å²) < 4.78 is 38.7. The van der Waals surface area contributed by atoms with Crippen molar-refractivity contribution >= 4 is 28.9 Å². The van der Waals surface area contributed by atoms with Gasteiger partial charge in [0.25, 0.3) is 0 Å². The third kappa shape index (κ3) is 4.00. The van der Waals surface area contributed by atoms with Gasteiger partial charge in [-0.05, 0) is 36.2 Å². The molecule has 0 saturated carbocycles. The third-order valence-electron chi connectivity index (χ3n) is 3.57. The van der Waals surface area contributed by atoms with Crippen molar-refractivity contribution in [1.82, 2.24) is 0 Å². The van der Waals surface area contributed by atoms with Gasteiger partial charge in [0.1, 0.15) is 0 Å². The predicted octanol–water partition coefficient (Wildman–Crippen LogP) is 5.00. The van der Waals surface area contributed by atoms with Crippen LogP contribution in [0.5, 0.6) is 0 Å². The number of guanidine groups is 1. The second-order valence-electron chi connectivity index (χ2n) is 5.19. The van der Waals surface area contributed by atoms with Crippen molar-refractivity contribution in [3.8, 4) is 0 Å². The predicted molar refractivity (Wildman–Crippen MR) is 92.0 cm³/mol. The molecule has 0 heterocycles. The van der Waals surface area contributed by atoms with E-state index in [2.05, 4.69) is 4.99 Å². The highest BCUT2D eigenvalue weighted by atomic mass is 35.5. The van der Waals surface area contributed by atoms with Gasteiger partial charge in [-0.25, -0.2) is 4.99 Å². The molecule has 128 valence electrons. The highest BCUT2D eigenvalue weighted by Gasteiger charge is 2.33. The number of alkyl halides is 3. The van der Waals surface area contributed by atoms with E-state index in [9.17, 15) is 13.2 Å². The minimum atomic E-state index is -4.54. The van der Waals surface area contributed by atoms with Gasteiger partial charge < -0.3 is 10.6 Å². The van der Waals surface area contributed by atoms with E-state index in [1.165, 1.54) is 12.1 Å². The van der Waals surface area contributed by atoms with Crippen molar-refractivity contribution < 1.29 is 13.2 Å². The number of hydrogen-bond donors (Lipinski definition) is 1. The van der Waals surface area contributed by atoms with E-state index >= 15 is 0 Å². The summed E-state index contributed by atoms with van der Waals surface area (Å²) in [6, 6.07) is 11.2. The molecular formula is C17H17ClF3N3. The first-order chi connectivity index (χ1) is 11.2. The number of rotatable bonds is 3. The van der Waals surface area contributed by atoms with E-state index in [0.717, 1.165) is 23.7 Å². The average Bonchev–Trinajstić information content (AvgIpc) is 2.55. The molecule has 0 spiro atoms. The monoisotopic (exact) mass is 355 g/mol. The topological polar surface area (TPSA) is 41.6 Å². The van der Waals surface area contributed by atoms with Crippen molar-refractivity contribution in [2.75, 3.05) is 11.9 Å². The van der Waals surface area contributed by atoms with Crippen LogP contribution >= 0.6 is 11.6 Å². The summed E-state index contributed by atoms with van der Waals surface area (Å²) in [4.78, 5) is 5.65. The number of nitrogens with two attached hydrogens (primary N) is 1. The number of halogens is 4. The minimum Gasteiger partial charge on any atom is -0.369 e. The maximum absolute atomic E-state index is 12.9. The van der Waals surface area contributed by atoms with Gasteiger partial charge in [0.15, 0.2) is 0 Å². The van der Waals surface area contributed by atoms with Crippen LogP contribution in [0.2, 0.25) is 5.02 Å². The summed E-state index contributed by atoms with van der Waals surface area (Å²) in [7, 11) is 1.69. The molecule has 0 unspecified atom stereocenters. The standard InChI is InChI=1S/C17H17ClF3N3/c1-3-11-6-4-7-12(10-11)24(2)16(22)23-14-9-5-8-13(15(14)18)17(19,20)21/h4-10H,3H2,1-2H3,(H2,22,23). The molecule has 2 N–H and O–H groups in total. The van der Waals surface area contributed by atoms with E-state index < -0.39 is 16.8 Å². The SMILES string of the molecule is CCc1cccc(N(C)C(N)=Nc2cccc(C(F)(F)F)c2Cl)c1. The molecular weight excluding hydrogens is 339 g/mol. The lowest BCUT2D eigenvalue weighted by Crippen LogP contribution is -2.33. The van der Waals surface area contributed by atoms with Crippen molar-refractivity contribution in [2.45, 2.75) is 19.5 Å². The Balaban J connectivity index is 2.37. The van der Waals surface area contributed by atoms with Crippen molar-refractivity contribution in [3.63, 3.8) is 0 Å². The van der Waals surface area contributed by atoms with Gasteiger partial charge in [-0.3, -0.25) is 0 Å². The number of aliphatic imine (C=N–C) groups is 1. The fourth-order valence-corrected chi connectivity index (χ4v) is 2.42. The van der Waals surface area contributed by atoms with Crippen LogP contribution in [0.25, 0.3) is 0 Å². The fourth-order valence-electron chi connectivity index (χ4n) is 2.14. The second-order valence-corrected chi connectivity index (χ2v) is 5.57. The summed E-state index contributed by atoms with van der Waals surface area (Å²) >= 11 is 5.83. The normalized spacial score (nSPS) is 12.3. The fraction of sp³-hybridized carbons (Fsp3) is 0.235. The minimum absolute atomic E-state index is 0.0255. The molecule has 0 bridgehead atoms. The van der Waals surface area contributed by atoms with Crippen LogP contribution in [0.4, 0.5) is 24.5 Å². The molecule has 0 atom stereocenters. The molecule has 0 amide bonds. The maximum Gasteiger partial charge on any atom is 0.417 e. The molecule has 0 aliphatic heterocycles. The Bertz CT molecular complexity index is 757. The van der Waals surface area contributed by atoms with Crippen LogP contribution in [0, 0.1) is 0 Å².